The van der Waals surface area contributed by atoms with E-state index in [1.165, 1.54) is 0 Å². The van der Waals surface area contributed by atoms with Gasteiger partial charge in [0.15, 0.2) is 0 Å². The van der Waals surface area contributed by atoms with Gasteiger partial charge in [0, 0.05) is 9.75 Å². The van der Waals surface area contributed by atoms with Crippen LogP contribution in [0.1, 0.15) is 47.0 Å². The van der Waals surface area contributed by atoms with Crippen molar-refractivity contribution >= 4 is 23.2 Å². The third-order valence-electron chi connectivity index (χ3n) is 1.54. The maximum atomic E-state index is 6.02. The smallest absolute Gasteiger partial charge is 0.0390 e. The molecule has 0 aromatic rings. The highest BCUT2D eigenvalue weighted by Crippen LogP contribution is 2.26. The van der Waals surface area contributed by atoms with Gasteiger partial charge in [-0.15, -0.1) is 36.4 Å². The van der Waals surface area contributed by atoms with Crippen molar-refractivity contribution in [2.24, 2.45) is 0 Å². The van der Waals surface area contributed by atoms with E-state index in [4.69, 9.17) is 23.2 Å². The standard InChI is InChI=1S/C9H18Cl2.C2H4/c1-8(2,10)6-5-7-9(3,4)11;1-2/h5-7H2,1-4H3;1-2H2. The molecule has 13 heavy (non-hydrogen) atoms. The first kappa shape index (κ1) is 15.8. The molecule has 2 heteroatoms. The van der Waals surface area contributed by atoms with Crippen molar-refractivity contribution in [1.82, 2.24) is 0 Å². The zero-order valence-electron chi connectivity index (χ0n) is 9.29. The topological polar surface area (TPSA) is 0 Å². The summed E-state index contributed by atoms with van der Waals surface area (Å²) in [6, 6.07) is 0. The van der Waals surface area contributed by atoms with Crippen LogP contribution >= 0.6 is 23.2 Å². The highest BCUT2D eigenvalue weighted by Gasteiger charge is 2.17. The van der Waals surface area contributed by atoms with Gasteiger partial charge in [0.25, 0.3) is 0 Å². The van der Waals surface area contributed by atoms with Gasteiger partial charge in [-0.05, 0) is 47.0 Å². The molecule has 0 atom stereocenters. The zero-order valence-corrected chi connectivity index (χ0v) is 10.8. The molecule has 0 aromatic carbocycles. The van der Waals surface area contributed by atoms with Crippen molar-refractivity contribution in [1.29, 1.82) is 0 Å². The third kappa shape index (κ3) is 19.0. The molecule has 0 unspecified atom stereocenters. The first-order valence-electron chi connectivity index (χ1n) is 4.59. The Morgan fingerprint density at radius 3 is 1.23 bits per heavy atom. The summed E-state index contributed by atoms with van der Waals surface area (Å²) in [4.78, 5) is -0.135. The van der Waals surface area contributed by atoms with Crippen molar-refractivity contribution in [3.63, 3.8) is 0 Å². The van der Waals surface area contributed by atoms with Gasteiger partial charge < -0.3 is 0 Å². The van der Waals surface area contributed by atoms with Crippen molar-refractivity contribution in [3.8, 4) is 0 Å². The molecule has 0 heterocycles. The summed E-state index contributed by atoms with van der Waals surface area (Å²) in [6.45, 7) is 14.1. The lowest BCUT2D eigenvalue weighted by Gasteiger charge is -2.19. The fraction of sp³-hybridized carbons (Fsp3) is 0.818. The zero-order chi connectivity index (χ0) is 11.1. The van der Waals surface area contributed by atoms with E-state index >= 15 is 0 Å². The summed E-state index contributed by atoms with van der Waals surface area (Å²) in [7, 11) is 0. The average molecular weight is 225 g/mol. The molecule has 0 aliphatic rings. The van der Waals surface area contributed by atoms with Gasteiger partial charge in [-0.3, -0.25) is 0 Å². The lowest BCUT2D eigenvalue weighted by Crippen LogP contribution is -2.14. The Labute approximate surface area is 93.3 Å². The minimum Gasteiger partial charge on any atom is -0.120 e. The van der Waals surface area contributed by atoms with Gasteiger partial charge in [-0.2, -0.15) is 0 Å². The predicted octanol–water partition coefficient (Wildman–Crippen LogP) is 4.99. The molecule has 0 aliphatic heterocycles. The van der Waals surface area contributed by atoms with Crippen LogP contribution in [0, 0.1) is 0 Å². The number of hydrogen-bond donors (Lipinski definition) is 0. The monoisotopic (exact) mass is 224 g/mol. The first-order valence-corrected chi connectivity index (χ1v) is 5.34. The van der Waals surface area contributed by atoms with Crippen LogP contribution in [0.5, 0.6) is 0 Å². The van der Waals surface area contributed by atoms with Crippen molar-refractivity contribution in [2.45, 2.75) is 56.7 Å². The van der Waals surface area contributed by atoms with E-state index in [-0.39, 0.29) is 9.75 Å². The lowest BCUT2D eigenvalue weighted by molar-refractivity contribution is 0.518. The SMILES string of the molecule is C=C.CC(C)(Cl)CCCC(C)(C)Cl. The van der Waals surface area contributed by atoms with Crippen LogP contribution in [0.3, 0.4) is 0 Å². The molecule has 0 aliphatic carbocycles. The molecule has 0 fully saturated rings. The Balaban J connectivity index is 0. The summed E-state index contributed by atoms with van der Waals surface area (Å²) in [5.74, 6) is 0. The summed E-state index contributed by atoms with van der Waals surface area (Å²) in [5, 5.41) is 0. The fourth-order valence-corrected chi connectivity index (χ4v) is 1.20. The van der Waals surface area contributed by atoms with E-state index in [0.717, 1.165) is 19.3 Å². The van der Waals surface area contributed by atoms with E-state index < -0.39 is 0 Å². The van der Waals surface area contributed by atoms with Gasteiger partial charge in [-0.25, -0.2) is 0 Å². The van der Waals surface area contributed by atoms with Crippen LogP contribution in [0.15, 0.2) is 13.2 Å². The molecule has 0 nitrogen and oxygen atoms in total. The van der Waals surface area contributed by atoms with E-state index in [2.05, 4.69) is 13.2 Å². The van der Waals surface area contributed by atoms with E-state index in [1.54, 1.807) is 0 Å². The second kappa shape index (κ2) is 6.73. The number of halogens is 2. The molecule has 0 bridgehead atoms. The van der Waals surface area contributed by atoms with Crippen LogP contribution in [-0.4, -0.2) is 9.75 Å². The Morgan fingerprint density at radius 2 is 1.08 bits per heavy atom. The number of alkyl halides is 2. The quantitative estimate of drug-likeness (QED) is 0.466. The van der Waals surface area contributed by atoms with Gasteiger partial charge in [0.2, 0.25) is 0 Å². The first-order chi connectivity index (χ1) is 5.71. The molecule has 0 rings (SSSR count). The highest BCUT2D eigenvalue weighted by molar-refractivity contribution is 6.23. The lowest BCUT2D eigenvalue weighted by atomic mass is 10.00. The normalized spacial score (nSPS) is 11.8. The van der Waals surface area contributed by atoms with Crippen molar-refractivity contribution in [3.05, 3.63) is 13.2 Å². The molecule has 0 amide bonds. The molecule has 0 aromatic heterocycles. The number of rotatable bonds is 4. The van der Waals surface area contributed by atoms with Gasteiger partial charge in [0.05, 0.1) is 0 Å². The third-order valence-corrected chi connectivity index (χ3v) is 1.92. The summed E-state index contributed by atoms with van der Waals surface area (Å²) < 4.78 is 0. The van der Waals surface area contributed by atoms with Crippen LogP contribution in [0.4, 0.5) is 0 Å². The Kier molecular flexibility index (Phi) is 8.16. The second-order valence-corrected chi connectivity index (χ2v) is 6.34. The molecule has 0 N–H and O–H groups in total. The second-order valence-electron chi connectivity index (χ2n) is 4.29. The Morgan fingerprint density at radius 1 is 0.846 bits per heavy atom. The van der Waals surface area contributed by atoms with E-state index in [1.807, 2.05) is 27.7 Å². The highest BCUT2D eigenvalue weighted by atomic mass is 35.5. The molecular formula is C11H22Cl2. The van der Waals surface area contributed by atoms with Crippen molar-refractivity contribution in [2.75, 3.05) is 0 Å². The van der Waals surface area contributed by atoms with Crippen LogP contribution in [0.25, 0.3) is 0 Å². The molecule has 80 valence electrons. The van der Waals surface area contributed by atoms with Gasteiger partial charge in [0.1, 0.15) is 0 Å². The van der Waals surface area contributed by atoms with E-state index in [9.17, 15) is 0 Å². The molecule has 0 spiro atoms. The Hall–Kier alpha value is 0.320. The summed E-state index contributed by atoms with van der Waals surface area (Å²) in [6.07, 6.45) is 3.17. The minimum atomic E-state index is -0.0673. The average Bonchev–Trinajstić information content (AvgIpc) is 1.86. The molecule has 0 saturated carbocycles. The predicted molar refractivity (Wildman–Crippen MR) is 65.0 cm³/mol. The molecule has 0 radical (unpaired) electrons. The van der Waals surface area contributed by atoms with Crippen LogP contribution in [0.2, 0.25) is 0 Å². The van der Waals surface area contributed by atoms with E-state index in [0.29, 0.717) is 0 Å². The van der Waals surface area contributed by atoms with Gasteiger partial charge in [-0.1, -0.05) is 0 Å². The Bertz CT molecular complexity index is 103. The van der Waals surface area contributed by atoms with Crippen molar-refractivity contribution < 1.29 is 0 Å². The maximum Gasteiger partial charge on any atom is 0.0390 e. The van der Waals surface area contributed by atoms with Crippen LogP contribution in [-0.2, 0) is 0 Å². The molecular weight excluding hydrogens is 203 g/mol. The largest absolute Gasteiger partial charge is 0.120 e. The fourth-order valence-electron chi connectivity index (χ4n) is 0.929. The molecule has 0 saturated heterocycles. The summed E-state index contributed by atoms with van der Waals surface area (Å²) >= 11 is 12.0. The number of hydrogen-bond acceptors (Lipinski definition) is 0. The maximum absolute atomic E-state index is 6.02. The minimum absolute atomic E-state index is 0.0673. The van der Waals surface area contributed by atoms with Gasteiger partial charge >= 0.3 is 0 Å². The van der Waals surface area contributed by atoms with Crippen LogP contribution < -0.4 is 0 Å². The summed E-state index contributed by atoms with van der Waals surface area (Å²) in [5.41, 5.74) is 0.